The molecule has 0 aliphatic heterocycles. The smallest absolute Gasteiger partial charge is 0.306 e. The second-order valence-corrected chi connectivity index (χ2v) is 6.66. The summed E-state index contributed by atoms with van der Waals surface area (Å²) in [6, 6.07) is 5.11. The SMILES string of the molecule is CC(C)(C)c1ccc(OS(C)(=O)=O)c(Cl)c1. The van der Waals surface area contributed by atoms with Crippen molar-refractivity contribution in [3.05, 3.63) is 28.8 Å². The molecule has 3 nitrogen and oxygen atoms in total. The minimum atomic E-state index is -3.53. The quantitative estimate of drug-likeness (QED) is 0.770. The largest absolute Gasteiger partial charge is 0.381 e. The lowest BCUT2D eigenvalue weighted by molar-refractivity contribution is 0.492. The van der Waals surface area contributed by atoms with Gasteiger partial charge in [0, 0.05) is 0 Å². The molecule has 0 amide bonds. The number of hydrogen-bond donors (Lipinski definition) is 0. The lowest BCUT2D eigenvalue weighted by Gasteiger charge is -2.19. The number of halogens is 1. The Morgan fingerprint density at radius 3 is 2.19 bits per heavy atom. The highest BCUT2D eigenvalue weighted by molar-refractivity contribution is 7.86. The Bertz CT molecular complexity index is 486. The summed E-state index contributed by atoms with van der Waals surface area (Å²) in [4.78, 5) is 0. The first-order chi connectivity index (χ1) is 7.09. The van der Waals surface area contributed by atoms with Crippen LogP contribution >= 0.6 is 11.6 Å². The molecule has 0 saturated heterocycles. The minimum absolute atomic E-state index is 0.0345. The van der Waals surface area contributed by atoms with Crippen molar-refractivity contribution in [3.63, 3.8) is 0 Å². The Kier molecular flexibility index (Phi) is 3.55. The Labute approximate surface area is 102 Å². The molecule has 0 atom stereocenters. The van der Waals surface area contributed by atoms with Gasteiger partial charge in [-0.15, -0.1) is 0 Å². The van der Waals surface area contributed by atoms with E-state index in [-0.39, 0.29) is 11.2 Å². The van der Waals surface area contributed by atoms with Crippen molar-refractivity contribution in [1.29, 1.82) is 0 Å². The zero-order valence-electron chi connectivity index (χ0n) is 9.74. The van der Waals surface area contributed by atoms with Crippen molar-refractivity contribution in [3.8, 4) is 5.75 Å². The highest BCUT2D eigenvalue weighted by Crippen LogP contribution is 2.31. The monoisotopic (exact) mass is 262 g/mol. The van der Waals surface area contributed by atoms with Crippen LogP contribution in [0.3, 0.4) is 0 Å². The van der Waals surface area contributed by atoms with Crippen molar-refractivity contribution in [2.24, 2.45) is 0 Å². The molecule has 0 saturated carbocycles. The molecule has 0 radical (unpaired) electrons. The van der Waals surface area contributed by atoms with Crippen LogP contribution in [0.25, 0.3) is 0 Å². The van der Waals surface area contributed by atoms with E-state index in [0.29, 0.717) is 5.02 Å². The van der Waals surface area contributed by atoms with Gasteiger partial charge in [0.1, 0.15) is 0 Å². The fourth-order valence-corrected chi connectivity index (χ4v) is 1.93. The molecule has 0 N–H and O–H groups in total. The molecule has 0 heterocycles. The Hall–Kier alpha value is -0.740. The highest BCUT2D eigenvalue weighted by atomic mass is 35.5. The lowest BCUT2D eigenvalue weighted by atomic mass is 9.87. The maximum Gasteiger partial charge on any atom is 0.306 e. The van der Waals surface area contributed by atoms with Crippen LogP contribution in [0.15, 0.2) is 18.2 Å². The molecule has 0 aromatic heterocycles. The molecule has 0 spiro atoms. The number of rotatable bonds is 2. The fraction of sp³-hybridized carbons (Fsp3) is 0.455. The van der Waals surface area contributed by atoms with Gasteiger partial charge in [0.25, 0.3) is 0 Å². The molecule has 1 rings (SSSR count). The fourth-order valence-electron chi connectivity index (χ4n) is 1.20. The van der Waals surface area contributed by atoms with Crippen molar-refractivity contribution >= 4 is 21.7 Å². The van der Waals surface area contributed by atoms with Crippen LogP contribution in [0.2, 0.25) is 5.02 Å². The van der Waals surface area contributed by atoms with Crippen LogP contribution in [0.5, 0.6) is 5.75 Å². The van der Waals surface area contributed by atoms with Gasteiger partial charge in [-0.2, -0.15) is 8.42 Å². The molecule has 5 heteroatoms. The predicted molar refractivity (Wildman–Crippen MR) is 65.6 cm³/mol. The van der Waals surface area contributed by atoms with Crippen LogP contribution in [0.1, 0.15) is 26.3 Å². The van der Waals surface area contributed by atoms with Crippen LogP contribution in [0, 0.1) is 0 Å². The van der Waals surface area contributed by atoms with E-state index >= 15 is 0 Å². The van der Waals surface area contributed by atoms with E-state index in [9.17, 15) is 8.42 Å². The van der Waals surface area contributed by atoms with Gasteiger partial charge in [0.15, 0.2) is 5.75 Å². The maximum absolute atomic E-state index is 11.0. The summed E-state index contributed by atoms with van der Waals surface area (Å²) in [5, 5.41) is 0.304. The Morgan fingerprint density at radius 2 is 1.81 bits per heavy atom. The van der Waals surface area contributed by atoms with Gasteiger partial charge in [0.2, 0.25) is 0 Å². The summed E-state index contributed by atoms with van der Waals surface area (Å²) in [7, 11) is -3.53. The van der Waals surface area contributed by atoms with Crippen LogP contribution in [-0.4, -0.2) is 14.7 Å². The molecule has 0 unspecified atom stereocenters. The average molecular weight is 263 g/mol. The van der Waals surface area contributed by atoms with Gasteiger partial charge in [-0.3, -0.25) is 0 Å². The molecule has 1 aromatic carbocycles. The summed E-state index contributed by atoms with van der Waals surface area (Å²) in [5.74, 6) is 0.164. The molecular weight excluding hydrogens is 248 g/mol. The third-order valence-electron chi connectivity index (χ3n) is 2.04. The van der Waals surface area contributed by atoms with E-state index in [1.54, 1.807) is 12.1 Å². The molecule has 90 valence electrons. The van der Waals surface area contributed by atoms with Gasteiger partial charge in [-0.25, -0.2) is 0 Å². The normalized spacial score (nSPS) is 12.6. The second-order valence-electron chi connectivity index (χ2n) is 4.68. The standard InChI is InChI=1S/C11H15ClO3S/c1-11(2,3)8-5-6-10(9(12)7-8)15-16(4,13)14/h5-7H,1-4H3. The second kappa shape index (κ2) is 4.26. The maximum atomic E-state index is 11.0. The van der Waals surface area contributed by atoms with E-state index in [2.05, 4.69) is 20.8 Å². The lowest BCUT2D eigenvalue weighted by Crippen LogP contribution is -2.11. The summed E-state index contributed by atoms with van der Waals surface area (Å²) in [6.07, 6.45) is 0.987. The van der Waals surface area contributed by atoms with Crippen molar-refractivity contribution in [2.45, 2.75) is 26.2 Å². The summed E-state index contributed by atoms with van der Waals surface area (Å²) >= 11 is 5.95. The molecule has 16 heavy (non-hydrogen) atoms. The van der Waals surface area contributed by atoms with Gasteiger partial charge in [-0.1, -0.05) is 38.4 Å². The number of benzene rings is 1. The van der Waals surface area contributed by atoms with Gasteiger partial charge in [0.05, 0.1) is 11.3 Å². The van der Waals surface area contributed by atoms with Crippen molar-refractivity contribution in [1.82, 2.24) is 0 Å². The molecule has 0 bridgehead atoms. The molecular formula is C11H15ClO3S. The summed E-state index contributed by atoms with van der Waals surface area (Å²) in [6.45, 7) is 6.15. The first-order valence-corrected chi connectivity index (χ1v) is 6.98. The minimum Gasteiger partial charge on any atom is -0.381 e. The van der Waals surface area contributed by atoms with Crippen LogP contribution in [0.4, 0.5) is 0 Å². The van der Waals surface area contributed by atoms with Crippen molar-refractivity contribution < 1.29 is 12.6 Å². The zero-order chi connectivity index (χ0) is 12.6. The number of hydrogen-bond acceptors (Lipinski definition) is 3. The van der Waals surface area contributed by atoms with E-state index in [4.69, 9.17) is 15.8 Å². The van der Waals surface area contributed by atoms with Gasteiger partial charge < -0.3 is 4.18 Å². The molecule has 0 aliphatic carbocycles. The van der Waals surface area contributed by atoms with Gasteiger partial charge in [-0.05, 0) is 23.1 Å². The van der Waals surface area contributed by atoms with E-state index in [1.165, 1.54) is 0 Å². The average Bonchev–Trinajstić information content (AvgIpc) is 2.04. The van der Waals surface area contributed by atoms with E-state index in [0.717, 1.165) is 11.8 Å². The highest BCUT2D eigenvalue weighted by Gasteiger charge is 2.16. The topological polar surface area (TPSA) is 43.4 Å². The third kappa shape index (κ3) is 3.68. The summed E-state index contributed by atoms with van der Waals surface area (Å²) < 4.78 is 26.6. The summed E-state index contributed by atoms with van der Waals surface area (Å²) in [5.41, 5.74) is 0.992. The molecule has 0 fully saturated rings. The van der Waals surface area contributed by atoms with E-state index < -0.39 is 10.1 Å². The Morgan fingerprint density at radius 1 is 1.25 bits per heavy atom. The van der Waals surface area contributed by atoms with Crippen LogP contribution in [-0.2, 0) is 15.5 Å². The first kappa shape index (κ1) is 13.3. The van der Waals surface area contributed by atoms with Crippen LogP contribution < -0.4 is 4.18 Å². The Balaban J connectivity index is 3.11. The third-order valence-corrected chi connectivity index (χ3v) is 2.82. The predicted octanol–water partition coefficient (Wildman–Crippen LogP) is 2.98. The van der Waals surface area contributed by atoms with Gasteiger partial charge >= 0.3 is 10.1 Å². The molecule has 0 aliphatic rings. The first-order valence-electron chi connectivity index (χ1n) is 4.79. The molecule has 1 aromatic rings. The zero-order valence-corrected chi connectivity index (χ0v) is 11.3. The van der Waals surface area contributed by atoms with Crippen molar-refractivity contribution in [2.75, 3.05) is 6.26 Å². The van der Waals surface area contributed by atoms with E-state index in [1.807, 2.05) is 6.07 Å².